The van der Waals surface area contributed by atoms with Gasteiger partial charge >= 0.3 is 0 Å². The number of amides is 1. The first-order valence-corrected chi connectivity index (χ1v) is 10.5. The highest BCUT2D eigenvalue weighted by Gasteiger charge is 2.28. The van der Waals surface area contributed by atoms with Crippen LogP contribution in [0.4, 0.5) is 8.78 Å². The van der Waals surface area contributed by atoms with Crippen LogP contribution in [0.25, 0.3) is 0 Å². The van der Waals surface area contributed by atoms with Crippen LogP contribution in [0.3, 0.4) is 0 Å². The minimum atomic E-state index is -0.418. The Morgan fingerprint density at radius 3 is 2.57 bits per heavy atom. The highest BCUT2D eigenvalue weighted by molar-refractivity contribution is 7.10. The Kier molecular flexibility index (Phi) is 6.18. The molecular weight excluding hydrogens is 406 g/mol. The highest BCUT2D eigenvalue weighted by Crippen LogP contribution is 2.22. The van der Waals surface area contributed by atoms with Crippen LogP contribution in [0, 0.1) is 11.6 Å². The standard InChI is InChI=1S/C23H20F2N2O2S/c24-20-9-3-1-6-16(20)14-27(23(28)13-18-7-5-11-30-18)15-17-12-22(26-29-17)19-8-2-4-10-21(19)25/h1-11,17H,12-15H2. The average molecular weight is 426 g/mol. The first-order chi connectivity index (χ1) is 14.6. The second kappa shape index (κ2) is 9.17. The molecule has 30 heavy (non-hydrogen) atoms. The zero-order valence-electron chi connectivity index (χ0n) is 16.1. The molecule has 2 heterocycles. The Labute approximate surface area is 177 Å². The SMILES string of the molecule is O=C(Cc1cccs1)N(Cc1ccccc1F)CC1CC(c2ccccc2F)=NO1. The molecule has 0 bridgehead atoms. The summed E-state index contributed by atoms with van der Waals surface area (Å²) >= 11 is 1.50. The molecule has 1 atom stereocenters. The van der Waals surface area contributed by atoms with Gasteiger partial charge in [0, 0.05) is 29.0 Å². The van der Waals surface area contributed by atoms with Crippen molar-refractivity contribution in [2.45, 2.75) is 25.5 Å². The summed E-state index contributed by atoms with van der Waals surface area (Å²) in [6.07, 6.45) is 0.194. The van der Waals surface area contributed by atoms with E-state index in [2.05, 4.69) is 5.16 Å². The molecule has 1 unspecified atom stereocenters. The minimum Gasteiger partial charge on any atom is -0.390 e. The molecule has 0 spiro atoms. The zero-order valence-corrected chi connectivity index (χ0v) is 16.9. The van der Waals surface area contributed by atoms with E-state index in [0.29, 0.717) is 23.3 Å². The average Bonchev–Trinajstić information content (AvgIpc) is 3.41. The fourth-order valence-electron chi connectivity index (χ4n) is 3.39. The molecule has 4 rings (SSSR count). The Bertz CT molecular complexity index is 1050. The van der Waals surface area contributed by atoms with E-state index in [1.165, 1.54) is 23.5 Å². The highest BCUT2D eigenvalue weighted by atomic mass is 32.1. The number of oxime groups is 1. The summed E-state index contributed by atoms with van der Waals surface area (Å²) in [6.45, 7) is 0.367. The van der Waals surface area contributed by atoms with Gasteiger partial charge in [-0.3, -0.25) is 4.79 Å². The molecule has 7 heteroatoms. The largest absolute Gasteiger partial charge is 0.390 e. The van der Waals surface area contributed by atoms with Crippen LogP contribution in [-0.4, -0.2) is 29.2 Å². The van der Waals surface area contributed by atoms with Crippen molar-refractivity contribution >= 4 is 23.0 Å². The molecular formula is C23H20F2N2O2S. The van der Waals surface area contributed by atoms with E-state index in [1.54, 1.807) is 41.3 Å². The maximum atomic E-state index is 14.2. The zero-order chi connectivity index (χ0) is 20.9. The van der Waals surface area contributed by atoms with Crippen molar-refractivity contribution in [1.29, 1.82) is 0 Å². The van der Waals surface area contributed by atoms with E-state index >= 15 is 0 Å². The number of carbonyl (C=O) groups excluding carboxylic acids is 1. The second-order valence-corrected chi connectivity index (χ2v) is 8.10. The first kappa shape index (κ1) is 20.2. The lowest BCUT2D eigenvalue weighted by atomic mass is 10.0. The van der Waals surface area contributed by atoms with Crippen molar-refractivity contribution in [3.63, 3.8) is 0 Å². The van der Waals surface area contributed by atoms with Crippen LogP contribution in [0.1, 0.15) is 22.4 Å². The maximum absolute atomic E-state index is 14.2. The summed E-state index contributed by atoms with van der Waals surface area (Å²) in [5.41, 5.74) is 1.34. The smallest absolute Gasteiger partial charge is 0.228 e. The number of halogens is 2. The molecule has 1 amide bonds. The third kappa shape index (κ3) is 4.74. The van der Waals surface area contributed by atoms with E-state index < -0.39 is 6.10 Å². The van der Waals surface area contributed by atoms with Gasteiger partial charge in [0.05, 0.1) is 18.7 Å². The summed E-state index contributed by atoms with van der Waals surface area (Å²) in [5.74, 6) is -0.844. The van der Waals surface area contributed by atoms with Crippen LogP contribution in [-0.2, 0) is 22.6 Å². The summed E-state index contributed by atoms with van der Waals surface area (Å²) < 4.78 is 28.3. The molecule has 0 saturated heterocycles. The van der Waals surface area contributed by atoms with Gasteiger partial charge in [0.15, 0.2) is 6.10 Å². The quantitative estimate of drug-likeness (QED) is 0.545. The maximum Gasteiger partial charge on any atom is 0.228 e. The van der Waals surface area contributed by atoms with Crippen molar-refractivity contribution in [3.8, 4) is 0 Å². The number of hydrogen-bond acceptors (Lipinski definition) is 4. The third-order valence-electron chi connectivity index (χ3n) is 4.92. The molecule has 0 fully saturated rings. The Morgan fingerprint density at radius 2 is 1.83 bits per heavy atom. The van der Waals surface area contributed by atoms with Gasteiger partial charge in [0.2, 0.25) is 5.91 Å². The predicted molar refractivity (Wildman–Crippen MR) is 112 cm³/mol. The molecule has 0 aliphatic carbocycles. The lowest BCUT2D eigenvalue weighted by molar-refractivity contribution is -0.132. The fraction of sp³-hybridized carbons (Fsp3) is 0.217. The number of carbonyl (C=O) groups is 1. The van der Waals surface area contributed by atoms with Crippen molar-refractivity contribution < 1.29 is 18.4 Å². The summed E-state index contributed by atoms with van der Waals surface area (Å²) in [7, 11) is 0. The van der Waals surface area contributed by atoms with Gasteiger partial charge in [-0.05, 0) is 23.6 Å². The van der Waals surface area contributed by atoms with Gasteiger partial charge in [0.1, 0.15) is 11.6 Å². The van der Waals surface area contributed by atoms with Crippen molar-refractivity contribution in [3.05, 3.63) is 93.7 Å². The molecule has 154 valence electrons. The van der Waals surface area contributed by atoms with Crippen LogP contribution in [0.2, 0.25) is 0 Å². The first-order valence-electron chi connectivity index (χ1n) is 9.61. The summed E-state index contributed by atoms with van der Waals surface area (Å²) in [6, 6.07) is 16.6. The van der Waals surface area contributed by atoms with Gasteiger partial charge in [-0.1, -0.05) is 47.6 Å². The van der Waals surface area contributed by atoms with Gasteiger partial charge in [-0.25, -0.2) is 8.78 Å². The van der Waals surface area contributed by atoms with E-state index in [9.17, 15) is 13.6 Å². The monoisotopic (exact) mass is 426 g/mol. The third-order valence-corrected chi connectivity index (χ3v) is 5.80. The Morgan fingerprint density at radius 1 is 1.07 bits per heavy atom. The molecule has 4 nitrogen and oxygen atoms in total. The van der Waals surface area contributed by atoms with Crippen LogP contribution >= 0.6 is 11.3 Å². The lowest BCUT2D eigenvalue weighted by Gasteiger charge is -2.25. The normalized spacial score (nSPS) is 15.5. The van der Waals surface area contributed by atoms with Gasteiger partial charge in [-0.15, -0.1) is 11.3 Å². The van der Waals surface area contributed by atoms with Crippen LogP contribution in [0.15, 0.2) is 71.2 Å². The van der Waals surface area contributed by atoms with Crippen molar-refractivity contribution in [2.24, 2.45) is 5.16 Å². The topological polar surface area (TPSA) is 41.9 Å². The fourth-order valence-corrected chi connectivity index (χ4v) is 4.08. The molecule has 2 aromatic carbocycles. The molecule has 0 saturated carbocycles. The van der Waals surface area contributed by atoms with Crippen LogP contribution in [0.5, 0.6) is 0 Å². The molecule has 1 aliphatic heterocycles. The van der Waals surface area contributed by atoms with Gasteiger partial charge in [0.25, 0.3) is 0 Å². The molecule has 3 aromatic rings. The number of benzene rings is 2. The molecule has 1 aliphatic rings. The number of rotatable bonds is 7. The molecule has 0 radical (unpaired) electrons. The predicted octanol–water partition coefficient (Wildman–Crippen LogP) is 4.79. The number of hydrogen-bond donors (Lipinski definition) is 0. The number of nitrogens with zero attached hydrogens (tertiary/aromatic N) is 2. The second-order valence-electron chi connectivity index (χ2n) is 7.07. The summed E-state index contributed by atoms with van der Waals surface area (Å²) in [5, 5.41) is 5.94. The Hall–Kier alpha value is -3.06. The number of thiophene rings is 1. The van der Waals surface area contributed by atoms with Crippen molar-refractivity contribution in [1.82, 2.24) is 4.90 Å². The van der Waals surface area contributed by atoms with Gasteiger partial charge < -0.3 is 9.74 Å². The summed E-state index contributed by atoms with van der Waals surface area (Å²) in [4.78, 5) is 21.0. The molecule has 0 N–H and O–H groups in total. The Balaban J connectivity index is 1.48. The van der Waals surface area contributed by atoms with E-state index in [1.807, 2.05) is 17.5 Å². The van der Waals surface area contributed by atoms with E-state index in [0.717, 1.165) is 4.88 Å². The van der Waals surface area contributed by atoms with Gasteiger partial charge in [-0.2, -0.15) is 0 Å². The molecule has 1 aromatic heterocycles. The van der Waals surface area contributed by atoms with Crippen LogP contribution < -0.4 is 0 Å². The van der Waals surface area contributed by atoms with E-state index in [-0.39, 0.29) is 37.1 Å². The van der Waals surface area contributed by atoms with Crippen molar-refractivity contribution in [2.75, 3.05) is 6.54 Å². The lowest BCUT2D eigenvalue weighted by Crippen LogP contribution is -2.38. The minimum absolute atomic E-state index is 0.122. The van der Waals surface area contributed by atoms with E-state index in [4.69, 9.17) is 4.84 Å².